The molecule has 0 heterocycles. The van der Waals surface area contributed by atoms with Crippen molar-refractivity contribution < 1.29 is 4.74 Å². The number of hydrogen-bond donors (Lipinski definition) is 1. The molecule has 2 nitrogen and oxygen atoms in total. The van der Waals surface area contributed by atoms with Crippen molar-refractivity contribution in [2.45, 2.75) is 59.3 Å². The Morgan fingerprint density at radius 2 is 1.62 bits per heavy atom. The van der Waals surface area contributed by atoms with Crippen molar-refractivity contribution in [2.75, 3.05) is 18.5 Å². The van der Waals surface area contributed by atoms with Gasteiger partial charge in [0, 0.05) is 17.3 Å². The van der Waals surface area contributed by atoms with E-state index in [2.05, 4.69) is 65.1 Å². The minimum Gasteiger partial charge on any atom is -0.491 e. The number of ether oxygens (including phenoxy) is 1. The standard InChI is InChI=1S/C23H32ClNO/c1-16-8-10-18(15-20(16)24)25-12-13-26-21-11-9-17(22(2,3)4)14-19(21)23(5,6)7/h8-11,14-15,25H,12-13H2,1-7H3. The highest BCUT2D eigenvalue weighted by Crippen LogP contribution is 2.35. The van der Waals surface area contributed by atoms with Crippen LogP contribution in [0.15, 0.2) is 36.4 Å². The summed E-state index contributed by atoms with van der Waals surface area (Å²) in [5.74, 6) is 0.967. The predicted octanol–water partition coefficient (Wildman–Crippen LogP) is 6.73. The first-order valence-electron chi connectivity index (χ1n) is 9.26. The molecule has 142 valence electrons. The molecule has 0 saturated heterocycles. The van der Waals surface area contributed by atoms with Crippen LogP contribution in [0.5, 0.6) is 5.75 Å². The first-order valence-corrected chi connectivity index (χ1v) is 9.64. The van der Waals surface area contributed by atoms with E-state index >= 15 is 0 Å². The Balaban J connectivity index is 2.05. The SMILES string of the molecule is Cc1ccc(NCCOc2ccc(C(C)(C)C)cc2C(C)(C)C)cc1Cl. The zero-order valence-corrected chi connectivity index (χ0v) is 17.9. The average Bonchev–Trinajstić information content (AvgIpc) is 2.53. The van der Waals surface area contributed by atoms with Crippen LogP contribution in [0.25, 0.3) is 0 Å². The van der Waals surface area contributed by atoms with Crippen LogP contribution in [0, 0.1) is 6.92 Å². The second-order valence-corrected chi connectivity index (χ2v) is 9.36. The van der Waals surface area contributed by atoms with E-state index in [9.17, 15) is 0 Å². The van der Waals surface area contributed by atoms with Crippen molar-refractivity contribution in [3.8, 4) is 5.75 Å². The summed E-state index contributed by atoms with van der Waals surface area (Å²) in [5, 5.41) is 4.15. The molecule has 0 amide bonds. The zero-order chi connectivity index (χ0) is 19.5. The van der Waals surface area contributed by atoms with Gasteiger partial charge in [-0.25, -0.2) is 0 Å². The van der Waals surface area contributed by atoms with E-state index in [1.807, 2.05) is 25.1 Å². The smallest absolute Gasteiger partial charge is 0.123 e. The maximum Gasteiger partial charge on any atom is 0.123 e. The van der Waals surface area contributed by atoms with E-state index < -0.39 is 0 Å². The van der Waals surface area contributed by atoms with E-state index in [0.717, 1.165) is 28.6 Å². The second kappa shape index (κ2) is 7.92. The molecule has 0 aliphatic heterocycles. The minimum atomic E-state index is 0.0362. The van der Waals surface area contributed by atoms with Gasteiger partial charge in [-0.3, -0.25) is 0 Å². The fourth-order valence-corrected chi connectivity index (χ4v) is 2.95. The van der Waals surface area contributed by atoms with Crippen molar-refractivity contribution >= 4 is 17.3 Å². The maximum absolute atomic E-state index is 6.17. The summed E-state index contributed by atoms with van der Waals surface area (Å²) in [6, 6.07) is 12.6. The summed E-state index contributed by atoms with van der Waals surface area (Å²) < 4.78 is 6.11. The lowest BCUT2D eigenvalue weighted by atomic mass is 9.80. The van der Waals surface area contributed by atoms with Gasteiger partial charge in [-0.2, -0.15) is 0 Å². The van der Waals surface area contributed by atoms with Gasteiger partial charge in [0.25, 0.3) is 0 Å². The van der Waals surface area contributed by atoms with Gasteiger partial charge >= 0.3 is 0 Å². The molecule has 0 spiro atoms. The van der Waals surface area contributed by atoms with Crippen LogP contribution in [0.2, 0.25) is 5.02 Å². The average molecular weight is 374 g/mol. The van der Waals surface area contributed by atoms with Crippen LogP contribution in [-0.4, -0.2) is 13.2 Å². The van der Waals surface area contributed by atoms with Crippen LogP contribution in [0.1, 0.15) is 58.2 Å². The van der Waals surface area contributed by atoms with E-state index in [1.165, 1.54) is 11.1 Å². The highest BCUT2D eigenvalue weighted by atomic mass is 35.5. The summed E-state index contributed by atoms with van der Waals surface area (Å²) in [6.07, 6.45) is 0. The highest BCUT2D eigenvalue weighted by Gasteiger charge is 2.23. The van der Waals surface area contributed by atoms with Crippen LogP contribution in [-0.2, 0) is 10.8 Å². The minimum absolute atomic E-state index is 0.0362. The lowest BCUT2D eigenvalue weighted by Gasteiger charge is -2.27. The molecule has 0 saturated carbocycles. The third-order valence-corrected chi connectivity index (χ3v) is 4.92. The number of anilines is 1. The topological polar surface area (TPSA) is 21.3 Å². The molecule has 0 aliphatic carbocycles. The van der Waals surface area contributed by atoms with E-state index in [0.29, 0.717) is 6.61 Å². The molecule has 26 heavy (non-hydrogen) atoms. The molecule has 0 bridgehead atoms. The number of halogens is 1. The van der Waals surface area contributed by atoms with Crippen molar-refractivity contribution in [3.63, 3.8) is 0 Å². The van der Waals surface area contributed by atoms with E-state index in [1.54, 1.807) is 0 Å². The van der Waals surface area contributed by atoms with Crippen molar-refractivity contribution in [1.82, 2.24) is 0 Å². The van der Waals surface area contributed by atoms with Gasteiger partial charge in [-0.05, 0) is 52.6 Å². The highest BCUT2D eigenvalue weighted by molar-refractivity contribution is 6.31. The summed E-state index contributed by atoms with van der Waals surface area (Å²) in [7, 11) is 0. The van der Waals surface area contributed by atoms with E-state index in [-0.39, 0.29) is 10.8 Å². The van der Waals surface area contributed by atoms with Gasteiger partial charge in [0.1, 0.15) is 12.4 Å². The maximum atomic E-state index is 6.17. The molecule has 1 N–H and O–H groups in total. The van der Waals surface area contributed by atoms with Crippen LogP contribution in [0.3, 0.4) is 0 Å². The van der Waals surface area contributed by atoms with Crippen LogP contribution < -0.4 is 10.1 Å². The first-order chi connectivity index (χ1) is 12.0. The third-order valence-electron chi connectivity index (χ3n) is 4.51. The molecular formula is C23H32ClNO. The zero-order valence-electron chi connectivity index (χ0n) is 17.2. The van der Waals surface area contributed by atoms with Gasteiger partial charge in [0.05, 0.1) is 0 Å². The van der Waals surface area contributed by atoms with Gasteiger partial charge in [0.15, 0.2) is 0 Å². The molecule has 0 unspecified atom stereocenters. The molecule has 2 aromatic carbocycles. The summed E-state index contributed by atoms with van der Waals surface area (Å²) in [4.78, 5) is 0. The summed E-state index contributed by atoms with van der Waals surface area (Å²) in [6.45, 7) is 16.7. The second-order valence-electron chi connectivity index (χ2n) is 8.95. The normalized spacial score (nSPS) is 12.2. The fourth-order valence-electron chi connectivity index (χ4n) is 2.77. The Bertz CT molecular complexity index is 754. The van der Waals surface area contributed by atoms with Gasteiger partial charge < -0.3 is 10.1 Å². The molecule has 0 aromatic heterocycles. The van der Waals surface area contributed by atoms with Crippen LogP contribution >= 0.6 is 11.6 Å². The predicted molar refractivity (Wildman–Crippen MR) is 114 cm³/mol. The largest absolute Gasteiger partial charge is 0.491 e. The molecule has 2 rings (SSSR count). The monoisotopic (exact) mass is 373 g/mol. The van der Waals surface area contributed by atoms with E-state index in [4.69, 9.17) is 16.3 Å². The lowest BCUT2D eigenvalue weighted by Crippen LogP contribution is -2.19. The van der Waals surface area contributed by atoms with Gasteiger partial charge in [-0.1, -0.05) is 71.3 Å². The lowest BCUT2D eigenvalue weighted by molar-refractivity contribution is 0.322. The van der Waals surface area contributed by atoms with Crippen LogP contribution in [0.4, 0.5) is 5.69 Å². The summed E-state index contributed by atoms with van der Waals surface area (Å²) in [5.41, 5.74) is 4.86. The van der Waals surface area contributed by atoms with Gasteiger partial charge in [0.2, 0.25) is 0 Å². The van der Waals surface area contributed by atoms with Gasteiger partial charge in [-0.15, -0.1) is 0 Å². The molecular weight excluding hydrogens is 342 g/mol. The Hall–Kier alpha value is -1.67. The quantitative estimate of drug-likeness (QED) is 0.586. The Morgan fingerprint density at radius 3 is 2.19 bits per heavy atom. The number of benzene rings is 2. The molecule has 0 radical (unpaired) electrons. The van der Waals surface area contributed by atoms with Crippen molar-refractivity contribution in [1.29, 1.82) is 0 Å². The number of nitrogens with one attached hydrogen (secondary N) is 1. The van der Waals surface area contributed by atoms with Crippen molar-refractivity contribution in [2.24, 2.45) is 0 Å². The summed E-state index contributed by atoms with van der Waals surface area (Å²) >= 11 is 6.17. The first kappa shape index (κ1) is 20.6. The van der Waals surface area contributed by atoms with Crippen molar-refractivity contribution in [3.05, 3.63) is 58.1 Å². The Kier molecular flexibility index (Phi) is 6.29. The molecule has 0 atom stereocenters. The molecule has 0 fully saturated rings. The number of rotatable bonds is 5. The Morgan fingerprint density at radius 1 is 0.923 bits per heavy atom. The third kappa shape index (κ3) is 5.41. The molecule has 2 aromatic rings. The molecule has 0 aliphatic rings. The fraction of sp³-hybridized carbons (Fsp3) is 0.478. The Labute approximate surface area is 163 Å². The molecule has 3 heteroatoms. The number of aryl methyl sites for hydroxylation is 1. The number of hydrogen-bond acceptors (Lipinski definition) is 2.